The van der Waals surface area contributed by atoms with E-state index in [1.165, 1.54) is 7.11 Å². The van der Waals surface area contributed by atoms with Crippen LogP contribution in [0.4, 0.5) is 11.8 Å². The van der Waals surface area contributed by atoms with Gasteiger partial charge in [-0.1, -0.05) is 13.3 Å². The topological polar surface area (TPSA) is 111 Å². The molecule has 0 radical (unpaired) electrons. The van der Waals surface area contributed by atoms with Crippen molar-refractivity contribution < 1.29 is 14.6 Å². The summed E-state index contributed by atoms with van der Waals surface area (Å²) in [6.07, 6.45) is 2.64. The highest BCUT2D eigenvalue weighted by atomic mass is 16.5. The minimum absolute atomic E-state index is 0.0612. The van der Waals surface area contributed by atoms with Crippen LogP contribution in [0.25, 0.3) is 10.9 Å². The van der Waals surface area contributed by atoms with Gasteiger partial charge in [-0.25, -0.2) is 14.8 Å². The molecule has 1 aromatic heterocycles. The van der Waals surface area contributed by atoms with E-state index in [9.17, 15) is 9.90 Å². The molecule has 0 amide bonds. The summed E-state index contributed by atoms with van der Waals surface area (Å²) in [5, 5.41) is 10.1. The van der Waals surface area contributed by atoms with Crippen LogP contribution in [0.5, 0.6) is 0 Å². The number of ether oxygens (including phenoxy) is 1. The van der Waals surface area contributed by atoms with Gasteiger partial charge in [-0.2, -0.15) is 4.98 Å². The second-order valence-corrected chi connectivity index (χ2v) is 5.07. The zero-order chi connectivity index (χ0) is 16.8. The van der Waals surface area contributed by atoms with E-state index in [-0.39, 0.29) is 12.6 Å². The number of aliphatic hydroxyl groups is 1. The SMILES string of the molecule is CCCCC(CO)=Nc1nc(N)nc2cc(C(=O)OC)ccc12. The number of unbranched alkanes of at least 4 members (excludes halogenated alkanes) is 1. The molecule has 0 bridgehead atoms. The fourth-order valence-corrected chi connectivity index (χ4v) is 2.16. The van der Waals surface area contributed by atoms with Gasteiger partial charge < -0.3 is 15.6 Å². The highest BCUT2D eigenvalue weighted by Gasteiger charge is 2.11. The molecule has 1 aromatic carbocycles. The molecule has 23 heavy (non-hydrogen) atoms. The number of aliphatic hydroxyl groups excluding tert-OH is 1. The molecule has 0 aliphatic heterocycles. The molecule has 0 spiro atoms. The number of hydrogen-bond acceptors (Lipinski definition) is 7. The van der Waals surface area contributed by atoms with E-state index < -0.39 is 5.97 Å². The van der Waals surface area contributed by atoms with E-state index in [4.69, 9.17) is 10.5 Å². The number of benzene rings is 1. The predicted molar refractivity (Wildman–Crippen MR) is 89.0 cm³/mol. The Morgan fingerprint density at radius 1 is 1.39 bits per heavy atom. The van der Waals surface area contributed by atoms with Crippen LogP contribution in [-0.4, -0.2) is 40.5 Å². The number of nitrogens with two attached hydrogens (primary N) is 1. The molecule has 3 N–H and O–H groups in total. The maximum Gasteiger partial charge on any atom is 0.337 e. The molecule has 0 aliphatic carbocycles. The Morgan fingerprint density at radius 3 is 2.83 bits per heavy atom. The third kappa shape index (κ3) is 4.01. The first-order chi connectivity index (χ1) is 11.1. The largest absolute Gasteiger partial charge is 0.465 e. The molecule has 0 saturated heterocycles. The van der Waals surface area contributed by atoms with Gasteiger partial charge in [-0.05, 0) is 31.0 Å². The van der Waals surface area contributed by atoms with Crippen molar-refractivity contribution in [3.05, 3.63) is 23.8 Å². The summed E-state index contributed by atoms with van der Waals surface area (Å²) in [6, 6.07) is 4.91. The van der Waals surface area contributed by atoms with Gasteiger partial charge in [0.25, 0.3) is 0 Å². The number of esters is 1. The maximum atomic E-state index is 11.6. The molecule has 7 heteroatoms. The quantitative estimate of drug-likeness (QED) is 0.624. The lowest BCUT2D eigenvalue weighted by Gasteiger charge is -2.07. The number of nitrogen functional groups attached to an aromatic ring is 1. The van der Waals surface area contributed by atoms with Gasteiger partial charge in [-0.3, -0.25) is 0 Å². The second-order valence-electron chi connectivity index (χ2n) is 5.07. The van der Waals surface area contributed by atoms with Crippen molar-refractivity contribution in [3.8, 4) is 0 Å². The van der Waals surface area contributed by atoms with Crippen molar-refractivity contribution >= 4 is 34.4 Å². The average Bonchev–Trinajstić information content (AvgIpc) is 2.56. The number of carbonyl (C=O) groups is 1. The lowest BCUT2D eigenvalue weighted by molar-refractivity contribution is 0.0601. The third-order valence-electron chi connectivity index (χ3n) is 3.38. The summed E-state index contributed by atoms with van der Waals surface area (Å²) < 4.78 is 4.70. The molecule has 2 rings (SSSR count). The first-order valence-corrected chi connectivity index (χ1v) is 7.42. The van der Waals surface area contributed by atoms with E-state index in [0.29, 0.717) is 34.4 Å². The van der Waals surface area contributed by atoms with Crippen LogP contribution in [0.2, 0.25) is 0 Å². The number of methoxy groups -OCH3 is 1. The summed E-state index contributed by atoms with van der Waals surface area (Å²) in [7, 11) is 1.32. The number of nitrogens with zero attached hydrogens (tertiary/aromatic N) is 3. The van der Waals surface area contributed by atoms with Crippen LogP contribution in [0.1, 0.15) is 36.5 Å². The Balaban J connectivity index is 2.51. The van der Waals surface area contributed by atoms with E-state index in [0.717, 1.165) is 12.8 Å². The summed E-state index contributed by atoms with van der Waals surface area (Å²) in [5.74, 6) is 0.00300. The molecule has 0 fully saturated rings. The molecule has 122 valence electrons. The van der Waals surface area contributed by atoms with Crippen molar-refractivity contribution in [1.82, 2.24) is 9.97 Å². The number of rotatable bonds is 6. The Kier molecular flexibility index (Phi) is 5.59. The Morgan fingerprint density at radius 2 is 2.17 bits per heavy atom. The zero-order valence-corrected chi connectivity index (χ0v) is 13.2. The van der Waals surface area contributed by atoms with Crippen LogP contribution in [-0.2, 0) is 4.74 Å². The first kappa shape index (κ1) is 16.8. The minimum Gasteiger partial charge on any atom is -0.465 e. The monoisotopic (exact) mass is 316 g/mol. The predicted octanol–water partition coefficient (Wildman–Crippen LogP) is 2.25. The molecule has 0 saturated carbocycles. The number of hydrogen-bond donors (Lipinski definition) is 2. The third-order valence-corrected chi connectivity index (χ3v) is 3.38. The smallest absolute Gasteiger partial charge is 0.337 e. The van der Waals surface area contributed by atoms with Crippen molar-refractivity contribution in [3.63, 3.8) is 0 Å². The van der Waals surface area contributed by atoms with Gasteiger partial charge >= 0.3 is 5.97 Å². The molecular formula is C16H20N4O3. The highest BCUT2D eigenvalue weighted by molar-refractivity contribution is 5.98. The minimum atomic E-state index is -0.451. The van der Waals surface area contributed by atoms with E-state index in [1.54, 1.807) is 18.2 Å². The zero-order valence-electron chi connectivity index (χ0n) is 13.2. The lowest BCUT2D eigenvalue weighted by Crippen LogP contribution is -2.05. The second kappa shape index (κ2) is 7.64. The fraction of sp³-hybridized carbons (Fsp3) is 0.375. The molecule has 0 unspecified atom stereocenters. The van der Waals surface area contributed by atoms with Crippen LogP contribution in [0.3, 0.4) is 0 Å². The molecule has 0 atom stereocenters. The molecule has 2 aromatic rings. The summed E-state index contributed by atoms with van der Waals surface area (Å²) in [6.45, 7) is 1.94. The molecule has 0 aliphatic rings. The Bertz CT molecular complexity index is 743. The van der Waals surface area contributed by atoms with Crippen molar-refractivity contribution in [2.45, 2.75) is 26.2 Å². The fourth-order valence-electron chi connectivity index (χ4n) is 2.16. The number of carbonyl (C=O) groups excluding carboxylic acids is 1. The van der Waals surface area contributed by atoms with E-state index >= 15 is 0 Å². The Hall–Kier alpha value is -2.54. The van der Waals surface area contributed by atoms with Crippen molar-refractivity contribution in [2.24, 2.45) is 4.99 Å². The number of anilines is 1. The van der Waals surface area contributed by atoms with Crippen LogP contribution < -0.4 is 5.73 Å². The Labute approximate surface area is 134 Å². The van der Waals surface area contributed by atoms with Crippen LogP contribution in [0.15, 0.2) is 23.2 Å². The van der Waals surface area contributed by atoms with Crippen molar-refractivity contribution in [1.29, 1.82) is 0 Å². The number of fused-ring (bicyclic) bond motifs is 1. The van der Waals surface area contributed by atoms with Gasteiger partial charge in [0, 0.05) is 11.1 Å². The molecule has 7 nitrogen and oxygen atoms in total. The summed E-state index contributed by atoms with van der Waals surface area (Å²) in [4.78, 5) is 24.3. The standard InChI is InChI=1S/C16H20N4O3/c1-3-4-5-11(9-21)18-14-12-7-6-10(15(22)23-2)8-13(12)19-16(17)20-14/h6-8,21H,3-5,9H2,1-2H3,(H2,17,19,20). The van der Waals surface area contributed by atoms with Gasteiger partial charge in [0.05, 0.1) is 24.8 Å². The van der Waals surface area contributed by atoms with Gasteiger partial charge in [-0.15, -0.1) is 0 Å². The van der Waals surface area contributed by atoms with E-state index in [1.807, 2.05) is 0 Å². The summed E-state index contributed by atoms with van der Waals surface area (Å²) in [5.41, 5.74) is 7.26. The van der Waals surface area contributed by atoms with E-state index in [2.05, 4.69) is 21.9 Å². The maximum absolute atomic E-state index is 11.6. The van der Waals surface area contributed by atoms with Crippen LogP contribution >= 0.6 is 0 Å². The normalized spacial score (nSPS) is 11.7. The van der Waals surface area contributed by atoms with Crippen molar-refractivity contribution in [2.75, 3.05) is 19.5 Å². The molecular weight excluding hydrogens is 296 g/mol. The van der Waals surface area contributed by atoms with Gasteiger partial charge in [0.2, 0.25) is 5.95 Å². The highest BCUT2D eigenvalue weighted by Crippen LogP contribution is 2.25. The number of aliphatic imine (C=N–C) groups is 1. The molecule has 1 heterocycles. The number of aromatic nitrogens is 2. The van der Waals surface area contributed by atoms with Crippen LogP contribution in [0, 0.1) is 0 Å². The first-order valence-electron chi connectivity index (χ1n) is 7.42. The van der Waals surface area contributed by atoms with Gasteiger partial charge in [0.1, 0.15) is 0 Å². The lowest BCUT2D eigenvalue weighted by atomic mass is 10.1. The van der Waals surface area contributed by atoms with Gasteiger partial charge in [0.15, 0.2) is 5.82 Å². The summed E-state index contributed by atoms with van der Waals surface area (Å²) >= 11 is 0. The average molecular weight is 316 g/mol.